The Labute approximate surface area is 174 Å². The zero-order valence-electron chi connectivity index (χ0n) is 17.1. The first-order valence-corrected chi connectivity index (χ1v) is 10.8. The molecule has 2 aromatic rings. The minimum Gasteiger partial charge on any atom is -0.393 e. The molecule has 2 fully saturated rings. The average Bonchev–Trinajstić information content (AvgIpc) is 3.06. The largest absolute Gasteiger partial charge is 0.393 e. The third-order valence-corrected chi connectivity index (χ3v) is 6.18. The van der Waals surface area contributed by atoms with E-state index in [1.54, 1.807) is 6.20 Å². The fourth-order valence-corrected chi connectivity index (χ4v) is 4.52. The topological polar surface area (TPSA) is 65.3 Å². The Morgan fingerprint density at radius 2 is 1.90 bits per heavy atom. The van der Waals surface area contributed by atoms with Crippen molar-refractivity contribution >= 4 is 16.7 Å². The maximum atomic E-state index is 12.5. The Morgan fingerprint density at radius 3 is 2.60 bits per heavy atom. The van der Waals surface area contributed by atoms with Gasteiger partial charge in [0.15, 0.2) is 0 Å². The number of fused-ring (bicyclic) bond motifs is 1. The van der Waals surface area contributed by atoms with Crippen LogP contribution in [-0.2, 0) is 6.54 Å². The van der Waals surface area contributed by atoms with Gasteiger partial charge in [-0.05, 0) is 31.2 Å². The summed E-state index contributed by atoms with van der Waals surface area (Å²) in [5.41, 5.74) is 2.21. The first-order chi connectivity index (χ1) is 14.4. The monoisotopic (exact) mass is 425 g/mol. The normalized spacial score (nSPS) is 23.7. The Balaban J connectivity index is 1.59. The van der Waals surface area contributed by atoms with E-state index in [0.29, 0.717) is 5.82 Å². The number of alkyl halides is 3. The summed E-state index contributed by atoms with van der Waals surface area (Å²) in [5, 5.41) is 17.1. The number of aliphatic hydroxyl groups is 1. The number of piperazine rings is 1. The second kappa shape index (κ2) is 9.11. The van der Waals surface area contributed by atoms with Crippen LogP contribution in [0.2, 0.25) is 0 Å². The van der Waals surface area contributed by atoms with Gasteiger partial charge in [-0.25, -0.2) is 4.98 Å². The lowest BCUT2D eigenvalue weighted by molar-refractivity contribution is -0.131. The minimum atomic E-state index is -4.18. The highest BCUT2D eigenvalue weighted by Crippen LogP contribution is 2.34. The first-order valence-electron chi connectivity index (χ1n) is 10.8. The second-order valence-electron chi connectivity index (χ2n) is 8.43. The van der Waals surface area contributed by atoms with Crippen molar-refractivity contribution in [2.75, 3.05) is 38.0 Å². The molecule has 1 aliphatic carbocycles. The predicted molar refractivity (Wildman–Crippen MR) is 111 cm³/mol. The molecule has 1 saturated carbocycles. The van der Waals surface area contributed by atoms with Crippen molar-refractivity contribution in [3.63, 3.8) is 0 Å². The number of nitrogens with zero attached hydrogens (tertiary/aromatic N) is 3. The minimum absolute atomic E-state index is 0.189. The Hall–Kier alpha value is -1.84. The van der Waals surface area contributed by atoms with E-state index in [0.717, 1.165) is 69.3 Å². The highest BCUT2D eigenvalue weighted by Gasteiger charge is 2.27. The van der Waals surface area contributed by atoms with Gasteiger partial charge in [-0.2, -0.15) is 13.2 Å². The van der Waals surface area contributed by atoms with Crippen LogP contribution in [0.4, 0.5) is 19.0 Å². The number of anilines is 1. The van der Waals surface area contributed by atoms with Gasteiger partial charge in [0.05, 0.1) is 18.0 Å². The van der Waals surface area contributed by atoms with Crippen molar-refractivity contribution < 1.29 is 18.3 Å². The summed E-state index contributed by atoms with van der Waals surface area (Å²) in [7, 11) is 0. The summed E-state index contributed by atoms with van der Waals surface area (Å²) < 4.78 is 39.7. The molecule has 0 unspecified atom stereocenters. The fourth-order valence-electron chi connectivity index (χ4n) is 4.52. The molecule has 1 aliphatic heterocycles. The van der Waals surface area contributed by atoms with Crippen molar-refractivity contribution in [1.29, 1.82) is 0 Å². The molecule has 2 aromatic heterocycles. The molecule has 2 aliphatic rings. The molecule has 30 heavy (non-hydrogen) atoms. The number of hydrogen-bond donors (Lipinski definition) is 3. The van der Waals surface area contributed by atoms with Gasteiger partial charge in [-0.15, -0.1) is 0 Å². The molecule has 3 heterocycles. The van der Waals surface area contributed by atoms with Gasteiger partial charge in [0.2, 0.25) is 0 Å². The van der Waals surface area contributed by atoms with Crippen LogP contribution in [0.15, 0.2) is 18.5 Å². The number of pyridine rings is 1. The average molecular weight is 425 g/mol. The van der Waals surface area contributed by atoms with Crippen LogP contribution in [0, 0.1) is 0 Å². The summed E-state index contributed by atoms with van der Waals surface area (Å²) in [6, 6.07) is 2.16. The van der Waals surface area contributed by atoms with Gasteiger partial charge in [-0.3, -0.25) is 4.90 Å². The maximum absolute atomic E-state index is 12.5. The molecule has 0 radical (unpaired) electrons. The molecule has 0 amide bonds. The van der Waals surface area contributed by atoms with Gasteiger partial charge < -0.3 is 20.3 Å². The number of hydrogen-bond acceptors (Lipinski definition) is 5. The van der Waals surface area contributed by atoms with E-state index in [9.17, 15) is 18.3 Å². The first kappa shape index (κ1) is 21.4. The molecule has 0 atom stereocenters. The standard InChI is InChI=1S/C21H30F3N5O/c22-21(23,24)5-6-26-20-11-19-18(12-27-20)15(13-28-9-7-25-8-10-28)14-29(19)16-1-3-17(30)4-2-16/h11-12,14,16-17,25,30H,1-10,13H2,(H,26,27). The molecular formula is C21H30F3N5O. The van der Waals surface area contributed by atoms with E-state index in [1.807, 2.05) is 6.07 Å². The van der Waals surface area contributed by atoms with Crippen LogP contribution < -0.4 is 10.6 Å². The molecule has 0 aromatic carbocycles. The van der Waals surface area contributed by atoms with Crippen molar-refractivity contribution in [2.45, 2.75) is 57.0 Å². The van der Waals surface area contributed by atoms with Gasteiger partial charge in [-0.1, -0.05) is 0 Å². The van der Waals surface area contributed by atoms with Crippen molar-refractivity contribution in [3.05, 3.63) is 24.0 Å². The van der Waals surface area contributed by atoms with Gasteiger partial charge >= 0.3 is 6.18 Å². The zero-order chi connectivity index (χ0) is 21.1. The second-order valence-corrected chi connectivity index (χ2v) is 8.43. The molecule has 166 valence electrons. The quantitative estimate of drug-likeness (QED) is 0.663. The lowest BCUT2D eigenvalue weighted by atomic mass is 9.93. The molecule has 0 spiro atoms. The van der Waals surface area contributed by atoms with Crippen molar-refractivity contribution in [2.24, 2.45) is 0 Å². The summed E-state index contributed by atoms with van der Waals surface area (Å²) in [4.78, 5) is 6.80. The van der Waals surface area contributed by atoms with E-state index in [-0.39, 0.29) is 18.7 Å². The number of halogens is 3. The highest BCUT2D eigenvalue weighted by molar-refractivity contribution is 5.85. The number of aromatic nitrogens is 2. The number of nitrogens with one attached hydrogen (secondary N) is 2. The zero-order valence-corrected chi connectivity index (χ0v) is 17.1. The van der Waals surface area contributed by atoms with Gasteiger partial charge in [0.1, 0.15) is 5.82 Å². The SMILES string of the molecule is OC1CCC(n2cc(CN3CCNCC3)c3cnc(NCCC(F)(F)F)cc32)CC1. The Morgan fingerprint density at radius 1 is 1.17 bits per heavy atom. The van der Waals surface area contributed by atoms with Crippen LogP contribution >= 0.6 is 0 Å². The Bertz CT molecular complexity index is 839. The molecular weight excluding hydrogens is 395 g/mol. The van der Waals surface area contributed by atoms with E-state index >= 15 is 0 Å². The summed E-state index contributed by atoms with van der Waals surface area (Å²) >= 11 is 0. The van der Waals surface area contributed by atoms with Crippen LogP contribution in [0.3, 0.4) is 0 Å². The lowest BCUT2D eigenvalue weighted by Gasteiger charge is -2.28. The fraction of sp³-hybridized carbons (Fsp3) is 0.667. The molecule has 3 N–H and O–H groups in total. The van der Waals surface area contributed by atoms with Crippen LogP contribution in [0.1, 0.15) is 43.7 Å². The molecule has 0 bridgehead atoms. The summed E-state index contributed by atoms with van der Waals surface area (Å²) in [6.07, 6.45) is 2.03. The van der Waals surface area contributed by atoms with Crippen molar-refractivity contribution in [1.82, 2.24) is 19.8 Å². The smallest absolute Gasteiger partial charge is 0.390 e. The van der Waals surface area contributed by atoms with E-state index in [4.69, 9.17) is 0 Å². The van der Waals surface area contributed by atoms with Gasteiger partial charge in [0, 0.05) is 69.2 Å². The van der Waals surface area contributed by atoms with Crippen LogP contribution in [0.25, 0.3) is 10.9 Å². The third-order valence-electron chi connectivity index (χ3n) is 6.18. The maximum Gasteiger partial charge on any atom is 0.390 e. The molecule has 6 nitrogen and oxygen atoms in total. The Kier molecular flexibility index (Phi) is 6.50. The number of rotatable bonds is 6. The van der Waals surface area contributed by atoms with E-state index in [2.05, 4.69) is 31.3 Å². The molecule has 1 saturated heterocycles. The van der Waals surface area contributed by atoms with Gasteiger partial charge in [0.25, 0.3) is 0 Å². The van der Waals surface area contributed by atoms with Crippen LogP contribution in [0.5, 0.6) is 0 Å². The highest BCUT2D eigenvalue weighted by atomic mass is 19.4. The molecule has 4 rings (SSSR count). The lowest BCUT2D eigenvalue weighted by Crippen LogP contribution is -2.42. The number of aliphatic hydroxyl groups excluding tert-OH is 1. The summed E-state index contributed by atoms with van der Waals surface area (Å²) in [6.45, 7) is 4.59. The predicted octanol–water partition coefficient (Wildman–Crippen LogP) is 3.28. The molecule has 9 heteroatoms. The van der Waals surface area contributed by atoms with E-state index in [1.165, 1.54) is 5.56 Å². The third kappa shape index (κ3) is 5.25. The van der Waals surface area contributed by atoms with Crippen LogP contribution in [-0.4, -0.2) is 64.6 Å². The van der Waals surface area contributed by atoms with E-state index < -0.39 is 12.6 Å². The summed E-state index contributed by atoms with van der Waals surface area (Å²) in [5.74, 6) is 0.468. The van der Waals surface area contributed by atoms with Crippen molar-refractivity contribution in [3.8, 4) is 0 Å².